The van der Waals surface area contributed by atoms with E-state index in [1.807, 2.05) is 0 Å². The number of aromatic amines is 1. The minimum atomic E-state index is -4.19. The molecule has 15 heavy (non-hydrogen) atoms. The van der Waals surface area contributed by atoms with Gasteiger partial charge in [0.15, 0.2) is 0 Å². The molecule has 0 saturated carbocycles. The molecule has 0 unspecified atom stereocenters. The maximum absolute atomic E-state index is 11.9. The van der Waals surface area contributed by atoms with Crippen molar-refractivity contribution in [2.75, 3.05) is 18.5 Å². The first kappa shape index (κ1) is 11.5. The summed E-state index contributed by atoms with van der Waals surface area (Å²) in [6.45, 7) is -0.200. The van der Waals surface area contributed by atoms with Crippen molar-refractivity contribution in [3.05, 3.63) is 22.6 Å². The second-order valence-electron chi connectivity index (χ2n) is 3.09. The van der Waals surface area contributed by atoms with Gasteiger partial charge < -0.3 is 4.90 Å². The Morgan fingerprint density at radius 1 is 1.53 bits per heavy atom. The van der Waals surface area contributed by atoms with Gasteiger partial charge in [-0.05, 0) is 0 Å². The van der Waals surface area contributed by atoms with E-state index in [0.29, 0.717) is 5.69 Å². The molecule has 0 aromatic carbocycles. The third-order valence-electron chi connectivity index (χ3n) is 1.82. The van der Waals surface area contributed by atoms with Gasteiger partial charge in [0.05, 0.1) is 18.3 Å². The molecule has 0 spiro atoms. The highest BCUT2D eigenvalue weighted by Crippen LogP contribution is 2.20. The Kier molecular flexibility index (Phi) is 3.33. The highest BCUT2D eigenvalue weighted by molar-refractivity contribution is 5.41. The van der Waals surface area contributed by atoms with Crippen LogP contribution in [0.15, 0.2) is 17.1 Å². The lowest BCUT2D eigenvalue weighted by molar-refractivity contribution is -0.132. The number of hydrogen-bond donors (Lipinski definition) is 1. The fourth-order valence-electron chi connectivity index (χ4n) is 0.998. The second-order valence-corrected chi connectivity index (χ2v) is 3.09. The molecule has 0 aliphatic heterocycles. The molecule has 1 N–H and O–H groups in total. The minimum absolute atomic E-state index is 0.200. The predicted octanol–water partition coefficient (Wildman–Crippen LogP) is 1.16. The van der Waals surface area contributed by atoms with Crippen LogP contribution in [-0.2, 0) is 0 Å². The average molecular weight is 221 g/mol. The number of anilines is 1. The van der Waals surface area contributed by atoms with Gasteiger partial charge in [-0.3, -0.25) is 4.79 Å². The Morgan fingerprint density at radius 3 is 2.73 bits per heavy atom. The van der Waals surface area contributed by atoms with E-state index in [1.165, 1.54) is 24.2 Å². The molecule has 4 nitrogen and oxygen atoms in total. The Labute approximate surface area is 83.7 Å². The lowest BCUT2D eigenvalue weighted by atomic mass is 10.3. The van der Waals surface area contributed by atoms with E-state index in [0.717, 1.165) is 0 Å². The Hall–Kier alpha value is -1.53. The van der Waals surface area contributed by atoms with Crippen LogP contribution in [0.5, 0.6) is 0 Å². The van der Waals surface area contributed by atoms with Crippen LogP contribution in [-0.4, -0.2) is 30.0 Å². The summed E-state index contributed by atoms with van der Waals surface area (Å²) in [5.41, 5.74) is -0.0747. The molecule has 1 heterocycles. The number of aromatic nitrogens is 2. The number of nitrogens with zero attached hydrogens (tertiary/aromatic N) is 2. The molecular weight excluding hydrogens is 211 g/mol. The normalized spacial score (nSPS) is 11.5. The van der Waals surface area contributed by atoms with Crippen molar-refractivity contribution >= 4 is 5.69 Å². The molecule has 1 aromatic heterocycles. The molecule has 7 heteroatoms. The number of rotatable bonds is 3. The van der Waals surface area contributed by atoms with E-state index < -0.39 is 18.2 Å². The van der Waals surface area contributed by atoms with Crippen LogP contribution in [0, 0.1) is 0 Å². The smallest absolute Gasteiger partial charge is 0.373 e. The zero-order valence-corrected chi connectivity index (χ0v) is 8.01. The van der Waals surface area contributed by atoms with Crippen LogP contribution >= 0.6 is 0 Å². The summed E-state index contributed by atoms with van der Waals surface area (Å²) in [5, 5.41) is 5.63. The Balaban J connectivity index is 2.62. The quantitative estimate of drug-likeness (QED) is 0.833. The molecule has 0 aliphatic rings. The van der Waals surface area contributed by atoms with E-state index in [9.17, 15) is 18.0 Å². The van der Waals surface area contributed by atoms with Crippen LogP contribution in [0.2, 0.25) is 0 Å². The van der Waals surface area contributed by atoms with Crippen LogP contribution in [0.4, 0.5) is 18.9 Å². The van der Waals surface area contributed by atoms with Gasteiger partial charge in [-0.25, -0.2) is 5.10 Å². The molecule has 0 radical (unpaired) electrons. The fourth-order valence-corrected chi connectivity index (χ4v) is 0.998. The standard InChI is InChI=1S/C8H10F3N3O/c1-14(3-2-8(9,10)11)6-4-7(15)13-12-5-6/h4-5H,2-3H2,1H3,(H,13,15). The van der Waals surface area contributed by atoms with Crippen molar-refractivity contribution in [1.29, 1.82) is 0 Å². The molecule has 1 rings (SSSR count). The maximum atomic E-state index is 11.9. The van der Waals surface area contributed by atoms with Crippen LogP contribution < -0.4 is 10.5 Å². The highest BCUT2D eigenvalue weighted by atomic mass is 19.4. The SMILES string of the molecule is CN(CCC(F)(F)F)c1cn[nH]c(=O)c1. The predicted molar refractivity (Wildman–Crippen MR) is 48.8 cm³/mol. The van der Waals surface area contributed by atoms with Gasteiger partial charge in [0, 0.05) is 19.7 Å². The van der Waals surface area contributed by atoms with E-state index in [1.54, 1.807) is 0 Å². The van der Waals surface area contributed by atoms with Gasteiger partial charge in [-0.2, -0.15) is 18.3 Å². The Morgan fingerprint density at radius 2 is 2.20 bits per heavy atom. The van der Waals surface area contributed by atoms with Crippen LogP contribution in [0.3, 0.4) is 0 Å². The second kappa shape index (κ2) is 4.33. The summed E-state index contributed by atoms with van der Waals surface area (Å²) in [7, 11) is 1.47. The number of H-pyrrole nitrogens is 1. The van der Waals surface area contributed by atoms with Gasteiger partial charge in [0.2, 0.25) is 0 Å². The van der Waals surface area contributed by atoms with Crippen molar-refractivity contribution in [3.63, 3.8) is 0 Å². The van der Waals surface area contributed by atoms with Gasteiger partial charge >= 0.3 is 6.18 Å². The first-order valence-corrected chi connectivity index (χ1v) is 4.21. The summed E-state index contributed by atoms with van der Waals surface area (Å²) in [4.78, 5) is 12.2. The lowest BCUT2D eigenvalue weighted by Crippen LogP contribution is -2.25. The first-order chi connectivity index (χ1) is 6.88. The van der Waals surface area contributed by atoms with Crippen molar-refractivity contribution in [3.8, 4) is 0 Å². The van der Waals surface area contributed by atoms with E-state index >= 15 is 0 Å². The third-order valence-corrected chi connectivity index (χ3v) is 1.82. The van der Waals surface area contributed by atoms with Crippen molar-refractivity contribution in [2.45, 2.75) is 12.6 Å². The van der Waals surface area contributed by atoms with Gasteiger partial charge in [-0.15, -0.1) is 0 Å². The van der Waals surface area contributed by atoms with E-state index in [2.05, 4.69) is 10.2 Å². The van der Waals surface area contributed by atoms with Crippen LogP contribution in [0.25, 0.3) is 0 Å². The fraction of sp³-hybridized carbons (Fsp3) is 0.500. The van der Waals surface area contributed by atoms with Crippen molar-refractivity contribution in [2.24, 2.45) is 0 Å². The van der Waals surface area contributed by atoms with Crippen LogP contribution in [0.1, 0.15) is 6.42 Å². The first-order valence-electron chi connectivity index (χ1n) is 4.21. The average Bonchev–Trinajstić information content (AvgIpc) is 2.13. The zero-order chi connectivity index (χ0) is 11.5. The summed E-state index contributed by atoms with van der Waals surface area (Å²) < 4.78 is 35.7. The number of hydrogen-bond acceptors (Lipinski definition) is 3. The minimum Gasteiger partial charge on any atom is -0.373 e. The summed E-state index contributed by atoms with van der Waals surface area (Å²) in [6.07, 6.45) is -3.81. The summed E-state index contributed by atoms with van der Waals surface area (Å²) in [6, 6.07) is 1.20. The van der Waals surface area contributed by atoms with Gasteiger partial charge in [0.1, 0.15) is 0 Å². The van der Waals surface area contributed by atoms with Gasteiger partial charge in [0.25, 0.3) is 5.56 Å². The third kappa shape index (κ3) is 4.01. The zero-order valence-electron chi connectivity index (χ0n) is 8.01. The van der Waals surface area contributed by atoms with Crippen molar-refractivity contribution < 1.29 is 13.2 Å². The van der Waals surface area contributed by atoms with Crippen molar-refractivity contribution in [1.82, 2.24) is 10.2 Å². The summed E-state index contributed by atoms with van der Waals surface area (Å²) in [5.74, 6) is 0. The molecule has 0 bridgehead atoms. The molecular formula is C8H10F3N3O. The number of alkyl halides is 3. The molecule has 0 amide bonds. The monoisotopic (exact) mass is 221 g/mol. The molecule has 0 atom stereocenters. The highest BCUT2D eigenvalue weighted by Gasteiger charge is 2.27. The van der Waals surface area contributed by atoms with Gasteiger partial charge in [-0.1, -0.05) is 0 Å². The molecule has 0 saturated heterocycles. The lowest BCUT2D eigenvalue weighted by Gasteiger charge is -2.18. The molecule has 1 aromatic rings. The maximum Gasteiger partial charge on any atom is 0.390 e. The van der Waals surface area contributed by atoms with E-state index in [-0.39, 0.29) is 6.54 Å². The number of halogens is 3. The molecule has 0 aliphatic carbocycles. The molecule has 0 fully saturated rings. The number of nitrogens with one attached hydrogen (secondary N) is 1. The summed E-state index contributed by atoms with van der Waals surface area (Å²) >= 11 is 0. The molecule has 84 valence electrons. The Bertz CT molecular complexity index is 374. The topological polar surface area (TPSA) is 49.0 Å². The largest absolute Gasteiger partial charge is 0.390 e. The van der Waals surface area contributed by atoms with E-state index in [4.69, 9.17) is 0 Å².